The van der Waals surface area contributed by atoms with Gasteiger partial charge < -0.3 is 8.85 Å². The highest BCUT2D eigenvalue weighted by Gasteiger charge is 1.86. The van der Waals surface area contributed by atoms with Crippen molar-refractivity contribution < 1.29 is 8.85 Å². The van der Waals surface area contributed by atoms with Crippen LogP contribution in [0.3, 0.4) is 0 Å². The van der Waals surface area contributed by atoms with Gasteiger partial charge in [-0.2, -0.15) is 0 Å². The van der Waals surface area contributed by atoms with Crippen molar-refractivity contribution in [2.75, 3.05) is 13.7 Å². The molecule has 0 amide bonds. The molecule has 2 radical (unpaired) electrons. The van der Waals surface area contributed by atoms with Crippen molar-refractivity contribution in [2.45, 2.75) is 19.8 Å². The van der Waals surface area contributed by atoms with Crippen LogP contribution in [-0.4, -0.2) is 23.7 Å². The lowest BCUT2D eigenvalue weighted by Gasteiger charge is -1.95. The number of hydrogen-bond donors (Lipinski definition) is 0. The fourth-order valence-electron chi connectivity index (χ4n) is 0.317. The molecule has 0 aliphatic heterocycles. The van der Waals surface area contributed by atoms with Gasteiger partial charge in [-0.05, 0) is 6.42 Å². The van der Waals surface area contributed by atoms with Crippen LogP contribution >= 0.6 is 0 Å². The molecule has 0 atom stereocenters. The number of hydrogen-bond acceptors (Lipinski definition) is 2. The van der Waals surface area contributed by atoms with E-state index in [4.69, 9.17) is 8.85 Å². The average molecular weight is 132 g/mol. The normalized spacial score (nSPS) is 9.75. The summed E-state index contributed by atoms with van der Waals surface area (Å²) in [4.78, 5) is 0. The Morgan fingerprint density at radius 2 is 2.25 bits per heavy atom. The van der Waals surface area contributed by atoms with E-state index in [2.05, 4.69) is 6.92 Å². The van der Waals surface area contributed by atoms with Crippen LogP contribution in [-0.2, 0) is 8.85 Å². The van der Waals surface area contributed by atoms with Crippen LogP contribution in [0.5, 0.6) is 0 Å². The van der Waals surface area contributed by atoms with Gasteiger partial charge in [0.15, 0.2) is 0 Å². The molecule has 0 N–H and O–H groups in total. The maximum absolute atomic E-state index is 5.03. The highest BCUT2D eigenvalue weighted by atomic mass is 28.3. The molecule has 0 saturated heterocycles. The van der Waals surface area contributed by atoms with Gasteiger partial charge in [0.2, 0.25) is 0 Å². The molecule has 0 fully saturated rings. The van der Waals surface area contributed by atoms with Crippen molar-refractivity contribution in [3.63, 3.8) is 0 Å². The summed E-state index contributed by atoms with van der Waals surface area (Å²) in [6.07, 6.45) is 2.32. The van der Waals surface area contributed by atoms with E-state index in [1.54, 1.807) is 7.11 Å². The zero-order chi connectivity index (χ0) is 6.24. The van der Waals surface area contributed by atoms with Gasteiger partial charge in [-0.25, -0.2) is 0 Å². The van der Waals surface area contributed by atoms with Gasteiger partial charge in [-0.15, -0.1) is 0 Å². The standard InChI is InChI=1S/C5H12O2Si/c1-3-4-5-7-8-6-2/h3-5H2,1-2H3. The van der Waals surface area contributed by atoms with E-state index in [1.807, 2.05) is 0 Å². The Bertz CT molecular complexity index is 35.4. The van der Waals surface area contributed by atoms with Crippen LogP contribution in [0.25, 0.3) is 0 Å². The third-order valence-electron chi connectivity index (χ3n) is 0.742. The molecule has 0 aromatic carbocycles. The van der Waals surface area contributed by atoms with Gasteiger partial charge >= 0.3 is 10.0 Å². The van der Waals surface area contributed by atoms with Crippen LogP contribution in [0.1, 0.15) is 19.8 Å². The minimum atomic E-state index is 0.225. The summed E-state index contributed by atoms with van der Waals surface area (Å²) in [5.74, 6) is 0. The molecule has 2 nitrogen and oxygen atoms in total. The van der Waals surface area contributed by atoms with Crippen molar-refractivity contribution in [3.05, 3.63) is 0 Å². The first kappa shape index (κ1) is 8.14. The zero-order valence-corrected chi connectivity index (χ0v) is 6.44. The molecule has 0 unspecified atom stereocenters. The highest BCUT2D eigenvalue weighted by molar-refractivity contribution is 6.17. The van der Waals surface area contributed by atoms with Crippen molar-refractivity contribution in [1.29, 1.82) is 0 Å². The fourth-order valence-corrected chi connectivity index (χ4v) is 0.663. The van der Waals surface area contributed by atoms with E-state index >= 15 is 0 Å². The first-order valence-electron chi connectivity index (χ1n) is 2.81. The van der Waals surface area contributed by atoms with E-state index < -0.39 is 0 Å². The Balaban J connectivity index is 2.53. The molecule has 8 heavy (non-hydrogen) atoms. The molecule has 48 valence electrons. The quantitative estimate of drug-likeness (QED) is 0.410. The van der Waals surface area contributed by atoms with Gasteiger partial charge in [-0.3, -0.25) is 0 Å². The van der Waals surface area contributed by atoms with E-state index in [9.17, 15) is 0 Å². The minimum absolute atomic E-state index is 0.225. The molecule has 0 rings (SSSR count). The van der Waals surface area contributed by atoms with Gasteiger partial charge in [0.25, 0.3) is 0 Å². The summed E-state index contributed by atoms with van der Waals surface area (Å²) < 4.78 is 9.72. The lowest BCUT2D eigenvalue weighted by atomic mass is 10.4. The van der Waals surface area contributed by atoms with E-state index in [-0.39, 0.29) is 10.0 Å². The fraction of sp³-hybridized carbons (Fsp3) is 1.00. The second-order valence-corrected chi connectivity index (χ2v) is 2.35. The third kappa shape index (κ3) is 6.14. The maximum atomic E-state index is 5.03. The molecule has 3 heteroatoms. The molecular weight excluding hydrogens is 120 g/mol. The molecule has 0 aliphatic carbocycles. The average Bonchev–Trinajstić information content (AvgIpc) is 1.81. The lowest BCUT2D eigenvalue weighted by molar-refractivity contribution is 0.251. The summed E-state index contributed by atoms with van der Waals surface area (Å²) in [5.41, 5.74) is 0. The Morgan fingerprint density at radius 1 is 1.50 bits per heavy atom. The molecule has 0 bridgehead atoms. The van der Waals surface area contributed by atoms with E-state index in [1.165, 1.54) is 6.42 Å². The predicted octanol–water partition coefficient (Wildman–Crippen LogP) is 0.984. The Labute approximate surface area is 53.2 Å². The first-order chi connectivity index (χ1) is 3.91. The smallest absolute Gasteiger partial charge is 0.396 e. The molecule has 0 spiro atoms. The van der Waals surface area contributed by atoms with Crippen LogP contribution in [0.2, 0.25) is 0 Å². The van der Waals surface area contributed by atoms with Crippen molar-refractivity contribution in [2.24, 2.45) is 0 Å². The lowest BCUT2D eigenvalue weighted by Crippen LogP contribution is -2.01. The van der Waals surface area contributed by atoms with Crippen LogP contribution < -0.4 is 0 Å². The monoisotopic (exact) mass is 132 g/mol. The summed E-state index contributed by atoms with van der Waals surface area (Å²) >= 11 is 0. The summed E-state index contributed by atoms with van der Waals surface area (Å²) in [5, 5.41) is 0. The molecule has 0 aromatic rings. The molecular formula is C5H12O2Si. The second kappa shape index (κ2) is 7.14. The van der Waals surface area contributed by atoms with Crippen molar-refractivity contribution in [1.82, 2.24) is 0 Å². The Hall–Kier alpha value is 0.137. The van der Waals surface area contributed by atoms with E-state index in [0.717, 1.165) is 13.0 Å². The van der Waals surface area contributed by atoms with Crippen molar-refractivity contribution in [3.8, 4) is 0 Å². The zero-order valence-electron chi connectivity index (χ0n) is 5.44. The van der Waals surface area contributed by atoms with Crippen molar-refractivity contribution >= 4 is 10.0 Å². The minimum Gasteiger partial charge on any atom is -0.396 e. The van der Waals surface area contributed by atoms with Gasteiger partial charge in [0.1, 0.15) is 0 Å². The summed E-state index contributed by atoms with van der Waals surface area (Å²) in [6.45, 7) is 2.97. The third-order valence-corrected chi connectivity index (χ3v) is 1.23. The largest absolute Gasteiger partial charge is 0.433 e. The number of rotatable bonds is 5. The topological polar surface area (TPSA) is 18.5 Å². The number of unbranched alkanes of at least 4 members (excludes halogenated alkanes) is 1. The van der Waals surface area contributed by atoms with Gasteiger partial charge in [-0.1, -0.05) is 13.3 Å². The summed E-state index contributed by atoms with van der Waals surface area (Å²) in [6, 6.07) is 0. The Kier molecular flexibility index (Phi) is 7.26. The summed E-state index contributed by atoms with van der Waals surface area (Å²) in [7, 11) is 1.87. The molecule has 0 aromatic heterocycles. The van der Waals surface area contributed by atoms with Crippen LogP contribution in [0.4, 0.5) is 0 Å². The van der Waals surface area contributed by atoms with Gasteiger partial charge in [0, 0.05) is 13.7 Å². The first-order valence-corrected chi connectivity index (χ1v) is 3.63. The van der Waals surface area contributed by atoms with Crippen LogP contribution in [0.15, 0.2) is 0 Å². The molecule has 0 saturated carbocycles. The highest BCUT2D eigenvalue weighted by Crippen LogP contribution is 1.85. The second-order valence-electron chi connectivity index (χ2n) is 1.49. The Morgan fingerprint density at radius 3 is 2.75 bits per heavy atom. The van der Waals surface area contributed by atoms with Gasteiger partial charge in [0.05, 0.1) is 0 Å². The maximum Gasteiger partial charge on any atom is 0.433 e. The molecule has 0 aliphatic rings. The molecule has 0 heterocycles. The SMILES string of the molecule is CCCCO[Si]OC. The van der Waals surface area contributed by atoms with Crippen LogP contribution in [0, 0.1) is 0 Å². The predicted molar refractivity (Wildman–Crippen MR) is 33.6 cm³/mol. The van der Waals surface area contributed by atoms with E-state index in [0.29, 0.717) is 0 Å².